The van der Waals surface area contributed by atoms with Crippen molar-refractivity contribution in [3.8, 4) is 5.75 Å². The normalized spacial score (nSPS) is 12.3. The lowest BCUT2D eigenvalue weighted by Crippen LogP contribution is -2.12. The van der Waals surface area contributed by atoms with E-state index in [0.717, 1.165) is 35.8 Å². The van der Waals surface area contributed by atoms with E-state index in [1.807, 2.05) is 19.1 Å². The van der Waals surface area contributed by atoms with Gasteiger partial charge in [0.2, 0.25) is 0 Å². The van der Waals surface area contributed by atoms with Crippen molar-refractivity contribution in [1.82, 2.24) is 19.6 Å². The first kappa shape index (κ1) is 16.2. The Morgan fingerprint density at radius 3 is 2.67 bits per heavy atom. The summed E-state index contributed by atoms with van der Waals surface area (Å²) in [4.78, 5) is 8.62. The maximum atomic E-state index is 5.21. The molecule has 0 spiro atoms. The Hall–Kier alpha value is -2.63. The fourth-order valence-corrected chi connectivity index (χ4v) is 2.75. The number of aryl methyl sites for hydroxylation is 1. The van der Waals surface area contributed by atoms with Crippen LogP contribution < -0.4 is 10.1 Å². The number of benzene rings is 1. The zero-order valence-corrected chi connectivity index (χ0v) is 14.6. The smallest absolute Gasteiger partial charge is 0.254 e. The highest BCUT2D eigenvalue weighted by atomic mass is 16.5. The van der Waals surface area contributed by atoms with Crippen molar-refractivity contribution >= 4 is 11.6 Å². The lowest BCUT2D eigenvalue weighted by Gasteiger charge is -2.16. The molecule has 1 atom stereocenters. The fourth-order valence-electron chi connectivity index (χ4n) is 2.75. The second-order valence-corrected chi connectivity index (χ2v) is 6.03. The van der Waals surface area contributed by atoms with Gasteiger partial charge in [-0.2, -0.15) is 14.6 Å². The van der Waals surface area contributed by atoms with Crippen LogP contribution >= 0.6 is 0 Å². The third-order valence-corrected chi connectivity index (χ3v) is 4.46. The summed E-state index contributed by atoms with van der Waals surface area (Å²) < 4.78 is 6.98. The molecule has 0 aliphatic rings. The van der Waals surface area contributed by atoms with Gasteiger partial charge >= 0.3 is 0 Å². The molecule has 0 radical (unpaired) electrons. The SMILES string of the molecule is COc1ccc(C(C)CCNc2c(C)c(C)nc3ncnn23)cc1. The highest BCUT2D eigenvalue weighted by Crippen LogP contribution is 2.23. The molecule has 0 saturated carbocycles. The summed E-state index contributed by atoms with van der Waals surface area (Å²) in [5, 5.41) is 7.76. The lowest BCUT2D eigenvalue weighted by atomic mass is 9.98. The maximum Gasteiger partial charge on any atom is 0.254 e. The number of anilines is 1. The monoisotopic (exact) mass is 325 g/mol. The van der Waals surface area contributed by atoms with Crippen LogP contribution in [0.5, 0.6) is 5.75 Å². The third kappa shape index (κ3) is 3.18. The largest absolute Gasteiger partial charge is 0.497 e. The highest BCUT2D eigenvalue weighted by molar-refractivity contribution is 5.51. The molecule has 2 heterocycles. The predicted molar refractivity (Wildman–Crippen MR) is 94.8 cm³/mol. The summed E-state index contributed by atoms with van der Waals surface area (Å²) >= 11 is 0. The van der Waals surface area contributed by atoms with Crippen LogP contribution in [0, 0.1) is 13.8 Å². The van der Waals surface area contributed by atoms with Crippen molar-refractivity contribution in [1.29, 1.82) is 0 Å². The van der Waals surface area contributed by atoms with Crippen molar-refractivity contribution in [2.75, 3.05) is 19.0 Å². The molecule has 6 heteroatoms. The molecule has 0 aliphatic carbocycles. The number of nitrogens with one attached hydrogen (secondary N) is 1. The number of nitrogens with zero attached hydrogens (tertiary/aromatic N) is 4. The molecule has 0 amide bonds. The minimum Gasteiger partial charge on any atom is -0.497 e. The van der Waals surface area contributed by atoms with E-state index in [1.54, 1.807) is 11.6 Å². The van der Waals surface area contributed by atoms with Crippen LogP contribution in [-0.4, -0.2) is 33.2 Å². The van der Waals surface area contributed by atoms with Crippen LogP contribution in [0.1, 0.15) is 36.1 Å². The van der Waals surface area contributed by atoms with Crippen LogP contribution in [0.15, 0.2) is 30.6 Å². The summed E-state index contributed by atoms with van der Waals surface area (Å²) in [5.74, 6) is 2.94. The van der Waals surface area contributed by atoms with Gasteiger partial charge in [0, 0.05) is 17.8 Å². The van der Waals surface area contributed by atoms with E-state index in [9.17, 15) is 0 Å². The molecule has 1 N–H and O–H groups in total. The molecule has 0 fully saturated rings. The molecule has 0 bridgehead atoms. The zero-order valence-electron chi connectivity index (χ0n) is 14.6. The summed E-state index contributed by atoms with van der Waals surface area (Å²) in [7, 11) is 1.69. The van der Waals surface area contributed by atoms with Crippen molar-refractivity contribution < 1.29 is 4.74 Å². The molecule has 3 aromatic rings. The van der Waals surface area contributed by atoms with Gasteiger partial charge in [0.05, 0.1) is 7.11 Å². The third-order valence-electron chi connectivity index (χ3n) is 4.46. The van der Waals surface area contributed by atoms with Gasteiger partial charge in [-0.3, -0.25) is 0 Å². The first-order valence-corrected chi connectivity index (χ1v) is 8.15. The maximum absolute atomic E-state index is 5.21. The van der Waals surface area contributed by atoms with Gasteiger partial charge in [0.25, 0.3) is 5.78 Å². The Bertz CT molecular complexity index is 825. The van der Waals surface area contributed by atoms with Gasteiger partial charge < -0.3 is 10.1 Å². The van der Waals surface area contributed by atoms with E-state index >= 15 is 0 Å². The lowest BCUT2D eigenvalue weighted by molar-refractivity contribution is 0.414. The number of aromatic nitrogens is 4. The van der Waals surface area contributed by atoms with Gasteiger partial charge in [-0.25, -0.2) is 4.98 Å². The predicted octanol–water partition coefficient (Wildman–Crippen LogP) is 3.36. The van der Waals surface area contributed by atoms with E-state index in [4.69, 9.17) is 4.74 Å². The van der Waals surface area contributed by atoms with Crippen molar-refractivity contribution in [2.24, 2.45) is 0 Å². The molecule has 6 nitrogen and oxygen atoms in total. The second-order valence-electron chi connectivity index (χ2n) is 6.03. The zero-order chi connectivity index (χ0) is 17.1. The van der Waals surface area contributed by atoms with E-state index in [-0.39, 0.29) is 0 Å². The summed E-state index contributed by atoms with van der Waals surface area (Å²) in [6, 6.07) is 8.27. The van der Waals surface area contributed by atoms with Gasteiger partial charge in [-0.15, -0.1) is 0 Å². The Labute approximate surface area is 141 Å². The van der Waals surface area contributed by atoms with Crippen LogP contribution in [0.3, 0.4) is 0 Å². The molecule has 24 heavy (non-hydrogen) atoms. The van der Waals surface area contributed by atoms with Crippen molar-refractivity contribution in [3.63, 3.8) is 0 Å². The van der Waals surface area contributed by atoms with Gasteiger partial charge in [-0.1, -0.05) is 19.1 Å². The first-order valence-electron chi connectivity index (χ1n) is 8.15. The minimum absolute atomic E-state index is 0.456. The quantitative estimate of drug-likeness (QED) is 0.753. The number of hydrogen-bond acceptors (Lipinski definition) is 5. The van der Waals surface area contributed by atoms with Gasteiger partial charge in [0.1, 0.15) is 17.9 Å². The van der Waals surface area contributed by atoms with Crippen LogP contribution in [0.2, 0.25) is 0 Å². The van der Waals surface area contributed by atoms with Gasteiger partial charge in [-0.05, 0) is 43.9 Å². The van der Waals surface area contributed by atoms with Crippen LogP contribution in [-0.2, 0) is 0 Å². The average molecular weight is 325 g/mol. The minimum atomic E-state index is 0.456. The fraction of sp³-hybridized carbons (Fsp3) is 0.389. The standard InChI is InChI=1S/C18H23N5O/c1-12(15-5-7-16(24-4)8-6-15)9-10-19-17-13(2)14(3)22-18-20-11-21-23(17)18/h5-8,11-12,19H,9-10H2,1-4H3. The summed E-state index contributed by atoms with van der Waals surface area (Å²) in [6.07, 6.45) is 2.55. The summed E-state index contributed by atoms with van der Waals surface area (Å²) in [6.45, 7) is 7.14. The number of methoxy groups -OCH3 is 1. The highest BCUT2D eigenvalue weighted by Gasteiger charge is 2.11. The van der Waals surface area contributed by atoms with Crippen molar-refractivity contribution in [3.05, 3.63) is 47.4 Å². The van der Waals surface area contributed by atoms with Crippen LogP contribution in [0.4, 0.5) is 5.82 Å². The molecular formula is C18H23N5O. The molecule has 0 saturated heterocycles. The van der Waals surface area contributed by atoms with Crippen molar-refractivity contribution in [2.45, 2.75) is 33.1 Å². The van der Waals surface area contributed by atoms with Gasteiger partial charge in [0.15, 0.2) is 0 Å². The number of fused-ring (bicyclic) bond motifs is 1. The molecule has 1 aromatic carbocycles. The molecule has 126 valence electrons. The summed E-state index contributed by atoms with van der Waals surface area (Å²) in [5.41, 5.74) is 3.39. The molecule has 2 aromatic heterocycles. The van der Waals surface area contributed by atoms with Crippen LogP contribution in [0.25, 0.3) is 5.78 Å². The Morgan fingerprint density at radius 2 is 1.96 bits per heavy atom. The Kier molecular flexibility index (Phi) is 4.64. The average Bonchev–Trinajstić information content (AvgIpc) is 3.06. The molecule has 0 aliphatic heterocycles. The van der Waals surface area contributed by atoms with E-state index in [1.165, 1.54) is 11.9 Å². The van der Waals surface area contributed by atoms with E-state index < -0.39 is 0 Å². The number of hydrogen-bond donors (Lipinski definition) is 1. The Morgan fingerprint density at radius 1 is 1.21 bits per heavy atom. The number of ether oxygens (including phenoxy) is 1. The first-order chi connectivity index (χ1) is 11.6. The second kappa shape index (κ2) is 6.86. The molecular weight excluding hydrogens is 302 g/mol. The van der Waals surface area contributed by atoms with E-state index in [0.29, 0.717) is 11.7 Å². The molecule has 1 unspecified atom stereocenters. The number of rotatable bonds is 6. The van der Waals surface area contributed by atoms with E-state index in [2.05, 4.69) is 46.4 Å². The Balaban J connectivity index is 1.67. The molecule has 3 rings (SSSR count). The topological polar surface area (TPSA) is 64.3 Å².